The minimum absolute atomic E-state index is 0.364. The molecule has 0 radical (unpaired) electrons. The zero-order valence-corrected chi connectivity index (χ0v) is 12.6. The van der Waals surface area contributed by atoms with Crippen LogP contribution in [0.1, 0.15) is 31.2 Å². The molecule has 2 nitrogen and oxygen atoms in total. The largest absolute Gasteiger partial charge is 0.396 e. The molecule has 1 saturated carbocycles. The summed E-state index contributed by atoms with van der Waals surface area (Å²) in [5.41, 5.74) is 1.37. The molecule has 1 N–H and O–H groups in total. The molecule has 100 valence electrons. The third kappa shape index (κ3) is 3.81. The number of nitrogens with zero attached hydrogens (tertiary/aromatic N) is 1. The zero-order chi connectivity index (χ0) is 13.0. The second-order valence-corrected chi connectivity index (χ2v) is 6.31. The molecule has 0 saturated heterocycles. The van der Waals surface area contributed by atoms with Crippen molar-refractivity contribution in [1.82, 2.24) is 4.90 Å². The van der Waals surface area contributed by atoms with Gasteiger partial charge in [-0.25, -0.2) is 0 Å². The average Bonchev–Trinajstić information content (AvgIpc) is 2.41. The van der Waals surface area contributed by atoms with Crippen molar-refractivity contribution in [3.05, 3.63) is 34.3 Å². The number of aliphatic hydroxyl groups is 1. The second-order valence-electron chi connectivity index (χ2n) is 5.40. The van der Waals surface area contributed by atoms with E-state index >= 15 is 0 Å². The number of halogens is 1. The SMILES string of the molecule is CN(Cc1ccc(Br)cc1)C1CCC(CO)CC1. The van der Waals surface area contributed by atoms with Gasteiger partial charge in [0.05, 0.1) is 0 Å². The third-order valence-corrected chi connectivity index (χ3v) is 4.57. The van der Waals surface area contributed by atoms with Gasteiger partial charge in [0, 0.05) is 23.7 Å². The first-order valence-electron chi connectivity index (χ1n) is 6.74. The molecule has 3 heteroatoms. The van der Waals surface area contributed by atoms with Crippen molar-refractivity contribution in [2.24, 2.45) is 5.92 Å². The molecule has 0 spiro atoms. The van der Waals surface area contributed by atoms with Gasteiger partial charge in [-0.15, -0.1) is 0 Å². The fourth-order valence-electron chi connectivity index (χ4n) is 2.78. The van der Waals surface area contributed by atoms with E-state index in [4.69, 9.17) is 5.11 Å². The molecule has 2 rings (SSSR count). The zero-order valence-electron chi connectivity index (χ0n) is 11.0. The lowest BCUT2D eigenvalue weighted by atomic mass is 9.86. The van der Waals surface area contributed by atoms with Crippen LogP contribution in [0, 0.1) is 5.92 Å². The van der Waals surface area contributed by atoms with E-state index in [2.05, 4.69) is 52.1 Å². The molecule has 0 atom stereocenters. The van der Waals surface area contributed by atoms with Crippen LogP contribution in [0.2, 0.25) is 0 Å². The van der Waals surface area contributed by atoms with E-state index in [1.807, 2.05) is 0 Å². The highest BCUT2D eigenvalue weighted by molar-refractivity contribution is 9.10. The Balaban J connectivity index is 1.85. The fraction of sp³-hybridized carbons (Fsp3) is 0.600. The van der Waals surface area contributed by atoms with Gasteiger partial charge in [0.1, 0.15) is 0 Å². The molecule has 18 heavy (non-hydrogen) atoms. The van der Waals surface area contributed by atoms with E-state index in [0.29, 0.717) is 18.6 Å². The first-order valence-corrected chi connectivity index (χ1v) is 7.54. The Morgan fingerprint density at radius 3 is 2.33 bits per heavy atom. The van der Waals surface area contributed by atoms with Crippen molar-refractivity contribution in [1.29, 1.82) is 0 Å². The third-order valence-electron chi connectivity index (χ3n) is 4.04. The van der Waals surface area contributed by atoms with Crippen molar-refractivity contribution < 1.29 is 5.11 Å². The van der Waals surface area contributed by atoms with E-state index in [1.54, 1.807) is 0 Å². The van der Waals surface area contributed by atoms with E-state index in [1.165, 1.54) is 31.2 Å². The van der Waals surface area contributed by atoms with E-state index in [-0.39, 0.29) is 0 Å². The van der Waals surface area contributed by atoms with Crippen LogP contribution < -0.4 is 0 Å². The smallest absolute Gasteiger partial charge is 0.0459 e. The topological polar surface area (TPSA) is 23.5 Å². The van der Waals surface area contributed by atoms with Crippen LogP contribution in [0.25, 0.3) is 0 Å². The van der Waals surface area contributed by atoms with Crippen molar-refractivity contribution in [3.8, 4) is 0 Å². The summed E-state index contributed by atoms with van der Waals surface area (Å²) < 4.78 is 1.14. The summed E-state index contributed by atoms with van der Waals surface area (Å²) >= 11 is 3.47. The minimum Gasteiger partial charge on any atom is -0.396 e. The van der Waals surface area contributed by atoms with Crippen LogP contribution in [0.3, 0.4) is 0 Å². The number of aliphatic hydroxyl groups excluding tert-OH is 1. The van der Waals surface area contributed by atoms with Gasteiger partial charge < -0.3 is 5.11 Å². The lowest BCUT2D eigenvalue weighted by Gasteiger charge is -2.34. The lowest BCUT2D eigenvalue weighted by molar-refractivity contribution is 0.124. The summed E-state index contributed by atoms with van der Waals surface area (Å²) in [6.45, 7) is 1.38. The number of hydrogen-bond acceptors (Lipinski definition) is 2. The normalized spacial score (nSPS) is 24.4. The van der Waals surface area contributed by atoms with Crippen LogP contribution in [0.4, 0.5) is 0 Å². The van der Waals surface area contributed by atoms with Crippen molar-refractivity contribution in [2.45, 2.75) is 38.3 Å². The highest BCUT2D eigenvalue weighted by Gasteiger charge is 2.23. The Kier molecular flexibility index (Phi) is 5.22. The number of rotatable bonds is 4. The highest BCUT2D eigenvalue weighted by atomic mass is 79.9. The maximum Gasteiger partial charge on any atom is 0.0459 e. The van der Waals surface area contributed by atoms with E-state index in [9.17, 15) is 0 Å². The van der Waals surface area contributed by atoms with Crippen LogP contribution in [0.5, 0.6) is 0 Å². The summed E-state index contributed by atoms with van der Waals surface area (Å²) in [7, 11) is 2.21. The number of benzene rings is 1. The molecule has 0 aliphatic heterocycles. The number of hydrogen-bond donors (Lipinski definition) is 1. The summed E-state index contributed by atoms with van der Waals surface area (Å²) in [6.07, 6.45) is 4.79. The maximum absolute atomic E-state index is 9.16. The molecule has 1 aromatic rings. The van der Waals surface area contributed by atoms with Gasteiger partial charge in [-0.3, -0.25) is 4.90 Å². The summed E-state index contributed by atoms with van der Waals surface area (Å²) in [5, 5.41) is 9.16. The van der Waals surface area contributed by atoms with Crippen LogP contribution in [-0.2, 0) is 6.54 Å². The summed E-state index contributed by atoms with van der Waals surface area (Å²) in [5.74, 6) is 0.544. The van der Waals surface area contributed by atoms with Gasteiger partial charge in [0.25, 0.3) is 0 Å². The second kappa shape index (κ2) is 6.69. The quantitative estimate of drug-likeness (QED) is 0.921. The molecule has 0 amide bonds. The fourth-order valence-corrected chi connectivity index (χ4v) is 3.04. The molecule has 1 fully saturated rings. The highest BCUT2D eigenvalue weighted by Crippen LogP contribution is 2.27. The molecule has 0 aromatic heterocycles. The van der Waals surface area contributed by atoms with Gasteiger partial charge in [0.15, 0.2) is 0 Å². The van der Waals surface area contributed by atoms with Crippen molar-refractivity contribution in [3.63, 3.8) is 0 Å². The van der Waals surface area contributed by atoms with Crippen molar-refractivity contribution in [2.75, 3.05) is 13.7 Å². The molecule has 1 aliphatic carbocycles. The molecule has 0 unspecified atom stereocenters. The average molecular weight is 312 g/mol. The van der Waals surface area contributed by atoms with Gasteiger partial charge in [-0.1, -0.05) is 28.1 Å². The van der Waals surface area contributed by atoms with Gasteiger partial charge >= 0.3 is 0 Å². The molecule has 0 bridgehead atoms. The van der Waals surface area contributed by atoms with E-state index in [0.717, 1.165) is 11.0 Å². The maximum atomic E-state index is 9.16. The predicted molar refractivity (Wildman–Crippen MR) is 78.4 cm³/mol. The van der Waals surface area contributed by atoms with Crippen LogP contribution in [-0.4, -0.2) is 29.7 Å². The molecule has 1 aromatic carbocycles. The van der Waals surface area contributed by atoms with Crippen LogP contribution in [0.15, 0.2) is 28.7 Å². The first kappa shape index (κ1) is 14.0. The first-order chi connectivity index (χ1) is 8.69. The van der Waals surface area contributed by atoms with Gasteiger partial charge in [0.2, 0.25) is 0 Å². The summed E-state index contributed by atoms with van der Waals surface area (Å²) in [4.78, 5) is 2.46. The Labute approximate surface area is 118 Å². The van der Waals surface area contributed by atoms with E-state index < -0.39 is 0 Å². The van der Waals surface area contributed by atoms with Crippen LogP contribution >= 0.6 is 15.9 Å². The lowest BCUT2D eigenvalue weighted by Crippen LogP contribution is -2.35. The monoisotopic (exact) mass is 311 g/mol. The Morgan fingerprint density at radius 1 is 1.17 bits per heavy atom. The standard InChI is InChI=1S/C15H22BrNO/c1-17(10-12-2-6-14(16)7-3-12)15-8-4-13(11-18)5-9-15/h2-3,6-7,13,15,18H,4-5,8-11H2,1H3. The van der Waals surface area contributed by atoms with Gasteiger partial charge in [-0.2, -0.15) is 0 Å². The molecular weight excluding hydrogens is 290 g/mol. The predicted octanol–water partition coefficient (Wildman–Crippen LogP) is 3.43. The van der Waals surface area contributed by atoms with Crippen molar-refractivity contribution >= 4 is 15.9 Å². The molecule has 1 aliphatic rings. The van der Waals surface area contributed by atoms with Gasteiger partial charge in [-0.05, 0) is 56.3 Å². The molecule has 0 heterocycles. The molecular formula is C15H22BrNO. The summed E-state index contributed by atoms with van der Waals surface area (Å²) in [6, 6.07) is 9.24. The Bertz CT molecular complexity index is 357. The Hall–Kier alpha value is -0.380. The minimum atomic E-state index is 0.364. The Morgan fingerprint density at radius 2 is 1.78 bits per heavy atom.